The minimum atomic E-state index is -4.13. The van der Waals surface area contributed by atoms with Crippen molar-refractivity contribution in [1.29, 1.82) is 0 Å². The van der Waals surface area contributed by atoms with Crippen molar-refractivity contribution in [3.63, 3.8) is 0 Å². The van der Waals surface area contributed by atoms with Crippen LogP contribution in [0, 0.1) is 0 Å². The van der Waals surface area contributed by atoms with Crippen molar-refractivity contribution in [3.8, 4) is 5.75 Å². The molecule has 1 aromatic carbocycles. The number of hydrogen-bond acceptors (Lipinski definition) is 3. The number of para-hydroxylation sites is 1. The number of likely N-dealkylation sites (N-methyl/N-ethyl adjacent to an activating group) is 1. The fourth-order valence-corrected chi connectivity index (χ4v) is 2.22. The lowest BCUT2D eigenvalue weighted by Gasteiger charge is -2.21. The lowest BCUT2D eigenvalue weighted by atomic mass is 10.0. The van der Waals surface area contributed by atoms with Gasteiger partial charge in [-0.15, -0.1) is 0 Å². The zero-order valence-electron chi connectivity index (χ0n) is 11.5. The predicted octanol–water partition coefficient (Wildman–Crippen LogP) is 2.80. The van der Waals surface area contributed by atoms with Crippen molar-refractivity contribution >= 4 is 0 Å². The van der Waals surface area contributed by atoms with E-state index in [-0.39, 0.29) is 6.61 Å². The molecule has 0 saturated heterocycles. The Labute approximate surface area is 120 Å². The van der Waals surface area contributed by atoms with Crippen LogP contribution >= 0.6 is 0 Å². The molecule has 0 amide bonds. The van der Waals surface area contributed by atoms with Crippen LogP contribution in [0.4, 0.5) is 17.6 Å². The predicted molar refractivity (Wildman–Crippen MR) is 69.2 cm³/mol. The molecule has 118 valence electrons. The largest absolute Gasteiger partial charge is 0.493 e. The number of nitrogens with one attached hydrogen (secondary N) is 1. The first-order chi connectivity index (χ1) is 9.95. The standard InChI is InChI=1S/C14H17F4NO2/c1-19-11(7-20-8-14(17,18)13(15)16)10-4-2-3-9-5-6-21-12(9)10/h2-4,11,13,19H,5-8H2,1H3. The molecule has 1 aliphatic rings. The molecule has 1 N–H and O–H groups in total. The van der Waals surface area contributed by atoms with E-state index in [1.165, 1.54) is 0 Å². The summed E-state index contributed by atoms with van der Waals surface area (Å²) in [6, 6.07) is 5.19. The van der Waals surface area contributed by atoms with Gasteiger partial charge in [0.2, 0.25) is 0 Å². The third kappa shape index (κ3) is 3.65. The minimum Gasteiger partial charge on any atom is -0.493 e. The Balaban J connectivity index is 2.00. The molecular weight excluding hydrogens is 290 g/mol. The van der Waals surface area contributed by atoms with Crippen molar-refractivity contribution in [3.05, 3.63) is 29.3 Å². The Hall–Kier alpha value is -1.34. The van der Waals surface area contributed by atoms with Gasteiger partial charge in [0.15, 0.2) is 0 Å². The van der Waals surface area contributed by atoms with E-state index < -0.39 is 25.0 Å². The molecule has 1 atom stereocenters. The number of rotatable bonds is 7. The maximum Gasteiger partial charge on any atom is 0.330 e. The van der Waals surface area contributed by atoms with Crippen molar-refractivity contribution in [2.24, 2.45) is 0 Å². The quantitative estimate of drug-likeness (QED) is 0.786. The van der Waals surface area contributed by atoms with Gasteiger partial charge in [-0.05, 0) is 12.6 Å². The van der Waals surface area contributed by atoms with Crippen LogP contribution in [0.3, 0.4) is 0 Å². The fraction of sp³-hybridized carbons (Fsp3) is 0.571. The summed E-state index contributed by atoms with van der Waals surface area (Å²) in [7, 11) is 1.65. The van der Waals surface area contributed by atoms with Crippen LogP contribution in [-0.2, 0) is 11.2 Å². The highest BCUT2D eigenvalue weighted by Gasteiger charge is 2.41. The third-order valence-corrected chi connectivity index (χ3v) is 3.37. The molecule has 1 unspecified atom stereocenters. The van der Waals surface area contributed by atoms with Gasteiger partial charge in [-0.1, -0.05) is 18.2 Å². The van der Waals surface area contributed by atoms with Gasteiger partial charge >= 0.3 is 12.3 Å². The lowest BCUT2D eigenvalue weighted by Crippen LogP contribution is -2.34. The smallest absolute Gasteiger partial charge is 0.330 e. The maximum absolute atomic E-state index is 12.8. The highest BCUT2D eigenvalue weighted by atomic mass is 19.3. The zero-order chi connectivity index (χ0) is 15.5. The Bertz CT molecular complexity index is 482. The van der Waals surface area contributed by atoms with E-state index in [1.54, 1.807) is 13.1 Å². The molecule has 1 heterocycles. The van der Waals surface area contributed by atoms with Crippen LogP contribution in [0.25, 0.3) is 0 Å². The van der Waals surface area contributed by atoms with Crippen LogP contribution in [0.15, 0.2) is 18.2 Å². The van der Waals surface area contributed by atoms with E-state index >= 15 is 0 Å². The molecular formula is C14H17F4NO2. The first kappa shape index (κ1) is 16.0. The second-order valence-electron chi connectivity index (χ2n) is 4.85. The van der Waals surface area contributed by atoms with Gasteiger partial charge < -0.3 is 14.8 Å². The van der Waals surface area contributed by atoms with E-state index in [0.717, 1.165) is 23.3 Å². The summed E-state index contributed by atoms with van der Waals surface area (Å²) in [5.74, 6) is -3.41. The SMILES string of the molecule is CNC(COCC(F)(F)C(F)F)c1cccc2c1OCC2. The van der Waals surface area contributed by atoms with Crippen molar-refractivity contribution < 1.29 is 27.0 Å². The average Bonchev–Trinajstić information content (AvgIpc) is 2.92. The van der Waals surface area contributed by atoms with Gasteiger partial charge in [0.1, 0.15) is 12.4 Å². The number of ether oxygens (including phenoxy) is 2. The first-order valence-corrected chi connectivity index (χ1v) is 6.61. The summed E-state index contributed by atoms with van der Waals surface area (Å²) < 4.78 is 60.0. The highest BCUT2D eigenvalue weighted by Crippen LogP contribution is 2.33. The molecule has 0 bridgehead atoms. The second-order valence-corrected chi connectivity index (χ2v) is 4.85. The van der Waals surface area contributed by atoms with Gasteiger partial charge in [-0.2, -0.15) is 8.78 Å². The van der Waals surface area contributed by atoms with Gasteiger partial charge in [-0.25, -0.2) is 8.78 Å². The molecule has 0 spiro atoms. The highest BCUT2D eigenvalue weighted by molar-refractivity contribution is 5.45. The number of benzene rings is 1. The number of fused-ring (bicyclic) bond motifs is 1. The molecule has 0 aromatic heterocycles. The Morgan fingerprint density at radius 2 is 2.14 bits per heavy atom. The molecule has 21 heavy (non-hydrogen) atoms. The van der Waals surface area contributed by atoms with Crippen molar-refractivity contribution in [2.75, 3.05) is 26.9 Å². The summed E-state index contributed by atoms with van der Waals surface area (Å²) in [5, 5.41) is 2.93. The Morgan fingerprint density at radius 1 is 1.38 bits per heavy atom. The van der Waals surface area contributed by atoms with E-state index in [0.29, 0.717) is 6.61 Å². The first-order valence-electron chi connectivity index (χ1n) is 6.61. The van der Waals surface area contributed by atoms with E-state index in [2.05, 4.69) is 5.32 Å². The van der Waals surface area contributed by atoms with Gasteiger partial charge in [-0.3, -0.25) is 0 Å². The Morgan fingerprint density at radius 3 is 2.81 bits per heavy atom. The van der Waals surface area contributed by atoms with Crippen LogP contribution in [0.2, 0.25) is 0 Å². The minimum absolute atomic E-state index is 0.140. The molecule has 0 radical (unpaired) electrons. The molecule has 0 aliphatic carbocycles. The number of alkyl halides is 4. The summed E-state index contributed by atoms with van der Waals surface area (Å²) >= 11 is 0. The molecule has 0 fully saturated rings. The Kier molecular flexibility index (Phi) is 5.05. The summed E-state index contributed by atoms with van der Waals surface area (Å²) in [5.41, 5.74) is 1.83. The molecule has 7 heteroatoms. The molecule has 2 rings (SSSR count). The second kappa shape index (κ2) is 6.62. The van der Waals surface area contributed by atoms with Crippen LogP contribution < -0.4 is 10.1 Å². The third-order valence-electron chi connectivity index (χ3n) is 3.37. The fourth-order valence-electron chi connectivity index (χ4n) is 2.22. The van der Waals surface area contributed by atoms with Crippen molar-refractivity contribution in [1.82, 2.24) is 5.32 Å². The van der Waals surface area contributed by atoms with E-state index in [9.17, 15) is 17.6 Å². The molecule has 1 aliphatic heterocycles. The monoisotopic (exact) mass is 307 g/mol. The topological polar surface area (TPSA) is 30.5 Å². The van der Waals surface area contributed by atoms with Gasteiger partial charge in [0, 0.05) is 12.0 Å². The van der Waals surface area contributed by atoms with Crippen LogP contribution in [0.1, 0.15) is 17.2 Å². The number of halogens is 4. The average molecular weight is 307 g/mol. The summed E-state index contributed by atoms with van der Waals surface area (Å²) in [4.78, 5) is 0. The number of hydrogen-bond donors (Lipinski definition) is 1. The maximum atomic E-state index is 12.8. The normalized spacial score (nSPS) is 15.9. The summed E-state index contributed by atoms with van der Waals surface area (Å²) in [6.07, 6.45) is -2.93. The summed E-state index contributed by atoms with van der Waals surface area (Å²) in [6.45, 7) is -0.871. The molecule has 1 aromatic rings. The van der Waals surface area contributed by atoms with Crippen molar-refractivity contribution in [2.45, 2.75) is 24.8 Å². The lowest BCUT2D eigenvalue weighted by molar-refractivity contribution is -0.167. The van der Waals surface area contributed by atoms with Gasteiger partial charge in [0.25, 0.3) is 0 Å². The van der Waals surface area contributed by atoms with Crippen LogP contribution in [0.5, 0.6) is 5.75 Å². The van der Waals surface area contributed by atoms with E-state index in [4.69, 9.17) is 9.47 Å². The van der Waals surface area contributed by atoms with Gasteiger partial charge in [0.05, 0.1) is 19.3 Å². The van der Waals surface area contributed by atoms with E-state index in [1.807, 2.05) is 12.1 Å². The molecule has 3 nitrogen and oxygen atoms in total. The molecule has 0 saturated carbocycles. The zero-order valence-corrected chi connectivity index (χ0v) is 11.5. The van der Waals surface area contributed by atoms with Crippen LogP contribution in [-0.4, -0.2) is 39.2 Å².